The standard InChI is InChI=1S/C15H26N2O4/c18-14(16-5-6-17-7-9-19-10-8-17)13-1-3-15(4-2-13)20-11-12-21-15/h13H,1-12H2,(H,16,18). The molecule has 3 fully saturated rings. The van der Waals surface area contributed by atoms with Gasteiger partial charge < -0.3 is 19.5 Å². The van der Waals surface area contributed by atoms with Crippen molar-refractivity contribution in [3.8, 4) is 0 Å². The van der Waals surface area contributed by atoms with Crippen LogP contribution in [0.25, 0.3) is 0 Å². The van der Waals surface area contributed by atoms with E-state index in [0.29, 0.717) is 13.2 Å². The Labute approximate surface area is 126 Å². The number of morpholine rings is 1. The van der Waals surface area contributed by atoms with Gasteiger partial charge in [-0.2, -0.15) is 0 Å². The highest BCUT2D eigenvalue weighted by molar-refractivity contribution is 5.78. The van der Waals surface area contributed by atoms with Crippen LogP contribution in [0.2, 0.25) is 0 Å². The fourth-order valence-electron chi connectivity index (χ4n) is 3.41. The molecular weight excluding hydrogens is 272 g/mol. The Morgan fingerprint density at radius 1 is 1.10 bits per heavy atom. The van der Waals surface area contributed by atoms with Gasteiger partial charge in [-0.1, -0.05) is 0 Å². The summed E-state index contributed by atoms with van der Waals surface area (Å²) in [7, 11) is 0. The number of nitrogens with zero attached hydrogens (tertiary/aromatic N) is 1. The molecule has 1 spiro atoms. The Morgan fingerprint density at radius 3 is 2.43 bits per heavy atom. The Balaban J connectivity index is 1.34. The molecule has 1 aliphatic carbocycles. The molecule has 21 heavy (non-hydrogen) atoms. The molecule has 0 aromatic carbocycles. The second kappa shape index (κ2) is 7.05. The molecule has 2 saturated heterocycles. The lowest BCUT2D eigenvalue weighted by Crippen LogP contribution is -2.44. The third-order valence-corrected chi connectivity index (χ3v) is 4.76. The molecule has 0 aromatic rings. The first-order valence-corrected chi connectivity index (χ1v) is 8.13. The van der Waals surface area contributed by atoms with E-state index in [0.717, 1.165) is 65.1 Å². The quantitative estimate of drug-likeness (QED) is 0.812. The minimum Gasteiger partial charge on any atom is -0.379 e. The fourth-order valence-corrected chi connectivity index (χ4v) is 3.41. The highest BCUT2D eigenvalue weighted by Gasteiger charge is 2.41. The molecule has 1 saturated carbocycles. The van der Waals surface area contributed by atoms with E-state index >= 15 is 0 Å². The Morgan fingerprint density at radius 2 is 1.76 bits per heavy atom. The molecule has 1 amide bonds. The number of hydrogen-bond donors (Lipinski definition) is 1. The minimum atomic E-state index is -0.370. The van der Waals surface area contributed by atoms with Gasteiger partial charge in [0, 0.05) is 44.9 Å². The summed E-state index contributed by atoms with van der Waals surface area (Å²) in [4.78, 5) is 14.5. The van der Waals surface area contributed by atoms with Crippen LogP contribution in [0.1, 0.15) is 25.7 Å². The van der Waals surface area contributed by atoms with Gasteiger partial charge in [-0.3, -0.25) is 9.69 Å². The van der Waals surface area contributed by atoms with E-state index in [9.17, 15) is 4.79 Å². The predicted molar refractivity (Wildman–Crippen MR) is 76.9 cm³/mol. The van der Waals surface area contributed by atoms with Crippen LogP contribution in [0.3, 0.4) is 0 Å². The van der Waals surface area contributed by atoms with Gasteiger partial charge in [0.25, 0.3) is 0 Å². The zero-order chi connectivity index (χ0) is 14.5. The average Bonchev–Trinajstić information content (AvgIpc) is 2.97. The second-order valence-electron chi connectivity index (χ2n) is 6.13. The highest BCUT2D eigenvalue weighted by Crippen LogP contribution is 2.38. The van der Waals surface area contributed by atoms with Crippen molar-refractivity contribution in [3.05, 3.63) is 0 Å². The summed E-state index contributed by atoms with van der Waals surface area (Å²) in [5.41, 5.74) is 0. The van der Waals surface area contributed by atoms with Gasteiger partial charge in [0.1, 0.15) is 0 Å². The van der Waals surface area contributed by atoms with Gasteiger partial charge in [0.05, 0.1) is 26.4 Å². The molecular formula is C15H26N2O4. The largest absolute Gasteiger partial charge is 0.379 e. The number of nitrogens with one attached hydrogen (secondary N) is 1. The first-order valence-electron chi connectivity index (χ1n) is 8.13. The summed E-state index contributed by atoms with van der Waals surface area (Å²) in [5.74, 6) is -0.0610. The minimum absolute atomic E-state index is 0.119. The SMILES string of the molecule is O=C(NCCN1CCOCC1)C1CCC2(CC1)OCCO2. The maximum Gasteiger partial charge on any atom is 0.223 e. The average molecular weight is 298 g/mol. The number of ether oxygens (including phenoxy) is 3. The van der Waals surface area contributed by atoms with Crippen LogP contribution in [0.15, 0.2) is 0 Å². The number of carbonyl (C=O) groups is 1. The summed E-state index contributed by atoms with van der Waals surface area (Å²) >= 11 is 0. The van der Waals surface area contributed by atoms with E-state index in [1.165, 1.54) is 0 Å². The van der Waals surface area contributed by atoms with Crippen molar-refractivity contribution in [1.82, 2.24) is 10.2 Å². The summed E-state index contributed by atoms with van der Waals surface area (Å²) in [5, 5.41) is 3.08. The topological polar surface area (TPSA) is 60.0 Å². The Hall–Kier alpha value is -0.690. The lowest BCUT2D eigenvalue weighted by Gasteiger charge is -2.34. The van der Waals surface area contributed by atoms with Crippen LogP contribution in [-0.2, 0) is 19.0 Å². The van der Waals surface area contributed by atoms with Gasteiger partial charge in [0.15, 0.2) is 5.79 Å². The first kappa shape index (κ1) is 15.2. The summed E-state index contributed by atoms with van der Waals surface area (Å²) < 4.78 is 16.7. The van der Waals surface area contributed by atoms with E-state index < -0.39 is 0 Å². The molecule has 2 aliphatic heterocycles. The van der Waals surface area contributed by atoms with E-state index in [-0.39, 0.29) is 17.6 Å². The Kier molecular flexibility index (Phi) is 5.11. The van der Waals surface area contributed by atoms with Gasteiger partial charge in [-0.15, -0.1) is 0 Å². The molecule has 0 atom stereocenters. The van der Waals surface area contributed by atoms with E-state index in [4.69, 9.17) is 14.2 Å². The Bertz CT molecular complexity index is 342. The smallest absolute Gasteiger partial charge is 0.223 e. The molecule has 0 bridgehead atoms. The molecule has 6 nitrogen and oxygen atoms in total. The van der Waals surface area contributed by atoms with Crippen LogP contribution in [0.5, 0.6) is 0 Å². The molecule has 2 heterocycles. The first-order chi connectivity index (χ1) is 10.3. The second-order valence-corrected chi connectivity index (χ2v) is 6.13. The van der Waals surface area contributed by atoms with Crippen molar-refractivity contribution in [2.75, 3.05) is 52.6 Å². The van der Waals surface area contributed by atoms with E-state index in [1.54, 1.807) is 0 Å². The van der Waals surface area contributed by atoms with Crippen LogP contribution in [0.4, 0.5) is 0 Å². The van der Waals surface area contributed by atoms with Crippen molar-refractivity contribution in [1.29, 1.82) is 0 Å². The molecule has 1 N–H and O–H groups in total. The van der Waals surface area contributed by atoms with Gasteiger partial charge in [-0.25, -0.2) is 0 Å². The third kappa shape index (κ3) is 3.94. The van der Waals surface area contributed by atoms with Crippen molar-refractivity contribution in [2.24, 2.45) is 5.92 Å². The third-order valence-electron chi connectivity index (χ3n) is 4.76. The number of amides is 1. The summed E-state index contributed by atoms with van der Waals surface area (Å²) in [6, 6.07) is 0. The molecule has 6 heteroatoms. The molecule has 0 aromatic heterocycles. The zero-order valence-corrected chi connectivity index (χ0v) is 12.6. The van der Waals surface area contributed by atoms with Crippen molar-refractivity contribution in [2.45, 2.75) is 31.5 Å². The lowest BCUT2D eigenvalue weighted by atomic mass is 9.84. The van der Waals surface area contributed by atoms with Crippen molar-refractivity contribution >= 4 is 5.91 Å². The van der Waals surface area contributed by atoms with Crippen LogP contribution < -0.4 is 5.32 Å². The van der Waals surface area contributed by atoms with E-state index in [1.807, 2.05) is 0 Å². The predicted octanol–water partition coefficient (Wildman–Crippen LogP) is 0.368. The van der Waals surface area contributed by atoms with Crippen LogP contribution in [-0.4, -0.2) is 69.2 Å². The fraction of sp³-hybridized carbons (Fsp3) is 0.933. The number of rotatable bonds is 4. The van der Waals surface area contributed by atoms with Crippen LogP contribution >= 0.6 is 0 Å². The van der Waals surface area contributed by atoms with Gasteiger partial charge in [-0.05, 0) is 12.8 Å². The normalized spacial score (nSPS) is 27.0. The molecule has 0 unspecified atom stereocenters. The number of hydrogen-bond acceptors (Lipinski definition) is 5. The summed E-state index contributed by atoms with van der Waals surface area (Å²) in [6.45, 7) is 6.57. The van der Waals surface area contributed by atoms with Crippen LogP contribution in [0, 0.1) is 5.92 Å². The van der Waals surface area contributed by atoms with Crippen molar-refractivity contribution < 1.29 is 19.0 Å². The molecule has 3 aliphatic rings. The molecule has 120 valence electrons. The van der Waals surface area contributed by atoms with E-state index in [2.05, 4.69) is 10.2 Å². The summed E-state index contributed by atoms with van der Waals surface area (Å²) in [6.07, 6.45) is 3.41. The molecule has 0 radical (unpaired) electrons. The lowest BCUT2D eigenvalue weighted by molar-refractivity contribution is -0.183. The zero-order valence-electron chi connectivity index (χ0n) is 12.6. The van der Waals surface area contributed by atoms with Crippen molar-refractivity contribution in [3.63, 3.8) is 0 Å². The van der Waals surface area contributed by atoms with Gasteiger partial charge in [0.2, 0.25) is 5.91 Å². The maximum absolute atomic E-state index is 12.2. The monoisotopic (exact) mass is 298 g/mol. The molecule has 3 rings (SSSR count). The van der Waals surface area contributed by atoms with Gasteiger partial charge >= 0.3 is 0 Å². The highest BCUT2D eigenvalue weighted by atomic mass is 16.7. The maximum atomic E-state index is 12.2. The number of carbonyl (C=O) groups excluding carboxylic acids is 1.